The highest BCUT2D eigenvalue weighted by atomic mass is 16.3. The number of piperidine rings is 2. The van der Waals surface area contributed by atoms with Crippen molar-refractivity contribution in [3.05, 3.63) is 18.1 Å². The minimum absolute atomic E-state index is 0.105. The first kappa shape index (κ1) is 16.2. The fraction of sp³-hybridized carbons (Fsp3) is 0.667. The number of hydrogen-bond donors (Lipinski definition) is 2. The summed E-state index contributed by atoms with van der Waals surface area (Å²) in [4.78, 5) is 17.0. The highest BCUT2D eigenvalue weighted by molar-refractivity contribution is 5.92. The van der Waals surface area contributed by atoms with Crippen LogP contribution in [0.5, 0.6) is 0 Å². The summed E-state index contributed by atoms with van der Waals surface area (Å²) in [6.45, 7) is 2.97. The number of carbonyl (C=O) groups is 1. The van der Waals surface area contributed by atoms with Crippen molar-refractivity contribution in [1.82, 2.24) is 40.2 Å². The lowest BCUT2D eigenvalue weighted by Crippen LogP contribution is -2.59. The SMILES string of the molecule is CN1CC[C@H](O)[C@@]2(CCCN(C(=O)c3cc(-n4cnnn4)n[nH]3)C2)C1. The molecule has 2 aromatic rings. The van der Waals surface area contributed by atoms with Crippen molar-refractivity contribution in [3.8, 4) is 5.82 Å². The molecule has 134 valence electrons. The summed E-state index contributed by atoms with van der Waals surface area (Å²) in [5, 5.41) is 28.4. The van der Waals surface area contributed by atoms with Crippen molar-refractivity contribution >= 4 is 5.91 Å². The van der Waals surface area contributed by atoms with E-state index in [1.165, 1.54) is 11.0 Å². The molecule has 2 atom stereocenters. The number of nitrogens with zero attached hydrogens (tertiary/aromatic N) is 7. The molecular formula is C15H22N8O2. The molecule has 1 spiro atoms. The van der Waals surface area contributed by atoms with Crippen LogP contribution >= 0.6 is 0 Å². The lowest BCUT2D eigenvalue weighted by Gasteiger charge is -2.50. The van der Waals surface area contributed by atoms with E-state index >= 15 is 0 Å². The third kappa shape index (κ3) is 2.91. The quantitative estimate of drug-likeness (QED) is 0.739. The number of aromatic amines is 1. The summed E-state index contributed by atoms with van der Waals surface area (Å²) in [6, 6.07) is 1.64. The van der Waals surface area contributed by atoms with Crippen LogP contribution in [0.1, 0.15) is 29.8 Å². The van der Waals surface area contributed by atoms with E-state index in [1.54, 1.807) is 6.07 Å². The van der Waals surface area contributed by atoms with Gasteiger partial charge in [-0.1, -0.05) is 0 Å². The summed E-state index contributed by atoms with van der Waals surface area (Å²) in [5.74, 6) is 0.365. The van der Waals surface area contributed by atoms with Gasteiger partial charge in [-0.25, -0.2) is 0 Å². The van der Waals surface area contributed by atoms with E-state index in [0.717, 1.165) is 32.4 Å². The number of aromatic nitrogens is 6. The van der Waals surface area contributed by atoms with Gasteiger partial charge in [0.15, 0.2) is 5.82 Å². The molecule has 0 bridgehead atoms. The van der Waals surface area contributed by atoms with Gasteiger partial charge in [0.25, 0.3) is 5.91 Å². The average Bonchev–Trinajstić information content (AvgIpc) is 3.29. The van der Waals surface area contributed by atoms with Crippen molar-refractivity contribution in [1.29, 1.82) is 0 Å². The van der Waals surface area contributed by atoms with Gasteiger partial charge >= 0.3 is 0 Å². The van der Waals surface area contributed by atoms with E-state index in [-0.39, 0.29) is 17.4 Å². The van der Waals surface area contributed by atoms with Crippen molar-refractivity contribution in [2.75, 3.05) is 33.2 Å². The minimum Gasteiger partial charge on any atom is -0.392 e. The highest BCUT2D eigenvalue weighted by Crippen LogP contribution is 2.38. The number of hydrogen-bond acceptors (Lipinski definition) is 7. The maximum absolute atomic E-state index is 12.9. The van der Waals surface area contributed by atoms with Crippen LogP contribution in [0.15, 0.2) is 12.4 Å². The Hall–Kier alpha value is -2.33. The molecule has 2 N–H and O–H groups in total. The van der Waals surface area contributed by atoms with Crippen LogP contribution in [0.4, 0.5) is 0 Å². The standard InChI is InChI=1S/C15H22N8O2/c1-21-6-3-12(24)15(8-21)4-2-5-22(9-15)14(25)11-7-13(18-17-11)23-10-16-19-20-23/h7,10,12,24H,2-6,8-9H2,1H3,(H,17,18)/t12-,15-/m0/s1. The Labute approximate surface area is 144 Å². The second-order valence-corrected chi connectivity index (χ2v) is 7.13. The Bertz CT molecular complexity index is 745. The number of H-pyrrole nitrogens is 1. The van der Waals surface area contributed by atoms with Gasteiger partial charge in [0.2, 0.25) is 0 Å². The molecule has 4 heterocycles. The summed E-state index contributed by atoms with van der Waals surface area (Å²) >= 11 is 0. The normalized spacial score (nSPS) is 27.8. The predicted octanol–water partition coefficient (Wildman–Crippen LogP) is -0.696. The largest absolute Gasteiger partial charge is 0.392 e. The highest BCUT2D eigenvalue weighted by Gasteiger charge is 2.45. The van der Waals surface area contributed by atoms with E-state index in [0.29, 0.717) is 24.6 Å². The van der Waals surface area contributed by atoms with Crippen LogP contribution in [0, 0.1) is 5.41 Å². The topological polar surface area (TPSA) is 116 Å². The molecule has 0 radical (unpaired) electrons. The van der Waals surface area contributed by atoms with Crippen molar-refractivity contribution in [2.45, 2.75) is 25.4 Å². The molecule has 0 aliphatic carbocycles. The third-order valence-corrected chi connectivity index (χ3v) is 5.35. The van der Waals surface area contributed by atoms with Gasteiger partial charge in [0, 0.05) is 37.7 Å². The molecule has 2 saturated heterocycles. The molecular weight excluding hydrogens is 324 g/mol. The van der Waals surface area contributed by atoms with Gasteiger partial charge in [-0.2, -0.15) is 9.78 Å². The summed E-state index contributed by atoms with van der Waals surface area (Å²) < 4.78 is 1.39. The van der Waals surface area contributed by atoms with Gasteiger partial charge in [0.1, 0.15) is 12.0 Å². The molecule has 0 unspecified atom stereocenters. The molecule has 2 aliphatic heterocycles. The van der Waals surface area contributed by atoms with Crippen molar-refractivity contribution < 1.29 is 9.90 Å². The monoisotopic (exact) mass is 346 g/mol. The lowest BCUT2D eigenvalue weighted by atomic mass is 9.71. The maximum atomic E-state index is 12.9. The second-order valence-electron chi connectivity index (χ2n) is 7.13. The van der Waals surface area contributed by atoms with Crippen LogP contribution in [0.2, 0.25) is 0 Å². The molecule has 0 aromatic carbocycles. The number of rotatable bonds is 2. The first-order chi connectivity index (χ1) is 12.1. The number of tetrazole rings is 1. The van der Waals surface area contributed by atoms with Gasteiger partial charge in [-0.15, -0.1) is 5.10 Å². The zero-order valence-electron chi connectivity index (χ0n) is 14.2. The zero-order valence-corrected chi connectivity index (χ0v) is 14.2. The van der Waals surface area contributed by atoms with Gasteiger partial charge < -0.3 is 14.9 Å². The molecule has 1 amide bonds. The third-order valence-electron chi connectivity index (χ3n) is 5.35. The number of amides is 1. The number of carbonyl (C=O) groups excluding carboxylic acids is 1. The lowest BCUT2D eigenvalue weighted by molar-refractivity contribution is -0.0731. The van der Waals surface area contributed by atoms with Crippen LogP contribution in [-0.2, 0) is 0 Å². The maximum Gasteiger partial charge on any atom is 0.271 e. The van der Waals surface area contributed by atoms with Crippen molar-refractivity contribution in [3.63, 3.8) is 0 Å². The van der Waals surface area contributed by atoms with E-state index in [1.807, 2.05) is 4.90 Å². The molecule has 10 heteroatoms. The van der Waals surface area contributed by atoms with E-state index < -0.39 is 0 Å². The molecule has 2 aliphatic rings. The van der Waals surface area contributed by atoms with Crippen LogP contribution in [0.3, 0.4) is 0 Å². The van der Waals surface area contributed by atoms with Crippen LogP contribution < -0.4 is 0 Å². The molecule has 2 aromatic heterocycles. The van der Waals surface area contributed by atoms with Crippen LogP contribution in [0.25, 0.3) is 5.82 Å². The second kappa shape index (κ2) is 6.19. The van der Waals surface area contributed by atoms with E-state index in [9.17, 15) is 9.90 Å². The smallest absolute Gasteiger partial charge is 0.271 e. The van der Waals surface area contributed by atoms with E-state index in [4.69, 9.17) is 0 Å². The molecule has 10 nitrogen and oxygen atoms in total. The first-order valence-electron chi connectivity index (χ1n) is 8.52. The fourth-order valence-corrected chi connectivity index (χ4v) is 4.08. The Morgan fingerprint density at radius 2 is 2.28 bits per heavy atom. The van der Waals surface area contributed by atoms with Gasteiger partial charge in [0.05, 0.1) is 6.10 Å². The predicted molar refractivity (Wildman–Crippen MR) is 87.0 cm³/mol. The number of aliphatic hydroxyl groups is 1. The zero-order chi connectivity index (χ0) is 17.4. The Kier molecular flexibility index (Phi) is 4.00. The summed E-state index contributed by atoms with van der Waals surface area (Å²) in [7, 11) is 2.07. The van der Waals surface area contributed by atoms with Crippen molar-refractivity contribution in [2.24, 2.45) is 5.41 Å². The minimum atomic E-state index is -0.363. The molecule has 4 rings (SSSR count). The molecule has 0 saturated carbocycles. The number of likely N-dealkylation sites (tertiary alicyclic amines) is 2. The summed E-state index contributed by atoms with van der Waals surface area (Å²) in [5.41, 5.74) is 0.167. The van der Waals surface area contributed by atoms with Gasteiger partial charge in [-0.3, -0.25) is 9.89 Å². The fourth-order valence-electron chi connectivity index (χ4n) is 4.08. The molecule has 25 heavy (non-hydrogen) atoms. The average molecular weight is 346 g/mol. The Morgan fingerprint density at radius 3 is 3.08 bits per heavy atom. The van der Waals surface area contributed by atoms with Crippen LogP contribution in [-0.4, -0.2) is 90.5 Å². The van der Waals surface area contributed by atoms with E-state index in [2.05, 4.69) is 37.7 Å². The number of aliphatic hydroxyl groups excluding tert-OH is 1. The molecule has 2 fully saturated rings. The Morgan fingerprint density at radius 1 is 1.40 bits per heavy atom. The number of nitrogens with one attached hydrogen (secondary N) is 1. The summed E-state index contributed by atoms with van der Waals surface area (Å²) in [6.07, 6.45) is 3.66. The Balaban J connectivity index is 1.52. The van der Waals surface area contributed by atoms with Gasteiger partial charge in [-0.05, 0) is 36.7 Å². The first-order valence-corrected chi connectivity index (χ1v) is 8.52.